The van der Waals surface area contributed by atoms with Crippen LogP contribution < -0.4 is 5.32 Å². The molecule has 0 aliphatic heterocycles. The van der Waals surface area contributed by atoms with Crippen LogP contribution in [0.2, 0.25) is 0 Å². The molecule has 3 heteroatoms. The third-order valence-electron chi connectivity index (χ3n) is 3.42. The van der Waals surface area contributed by atoms with Crippen molar-refractivity contribution in [2.75, 3.05) is 7.05 Å². The first-order chi connectivity index (χ1) is 8.81. The molecule has 0 aliphatic rings. The van der Waals surface area contributed by atoms with E-state index in [2.05, 4.69) is 70.1 Å². The fourth-order valence-electron chi connectivity index (χ4n) is 1.79. The summed E-state index contributed by atoms with van der Waals surface area (Å²) in [6.45, 7) is 12.7. The van der Waals surface area contributed by atoms with Crippen LogP contribution in [-0.2, 0) is 13.1 Å². The Morgan fingerprint density at radius 2 is 1.89 bits per heavy atom. The number of rotatable bonds is 6. The minimum atomic E-state index is 0.130. The Labute approximate surface area is 118 Å². The van der Waals surface area contributed by atoms with Crippen LogP contribution in [0.15, 0.2) is 18.2 Å². The van der Waals surface area contributed by atoms with Crippen molar-refractivity contribution < 1.29 is 0 Å². The second kappa shape index (κ2) is 7.01. The van der Waals surface area contributed by atoms with Gasteiger partial charge >= 0.3 is 0 Å². The molecular formula is C16H29N3. The third-order valence-corrected chi connectivity index (χ3v) is 3.42. The highest BCUT2D eigenvalue weighted by Gasteiger charge is 2.10. The molecule has 0 saturated heterocycles. The summed E-state index contributed by atoms with van der Waals surface area (Å²) in [5, 5.41) is 3.48. The molecule has 0 amide bonds. The third kappa shape index (κ3) is 6.17. The first-order valence-corrected chi connectivity index (χ1v) is 7.22. The zero-order chi connectivity index (χ0) is 14.5. The maximum atomic E-state index is 4.73. The summed E-state index contributed by atoms with van der Waals surface area (Å²) in [7, 11) is 2.16. The summed E-state index contributed by atoms with van der Waals surface area (Å²) in [4.78, 5) is 7.08. The van der Waals surface area contributed by atoms with Crippen molar-refractivity contribution in [1.29, 1.82) is 0 Å². The van der Waals surface area contributed by atoms with Crippen molar-refractivity contribution >= 4 is 0 Å². The van der Waals surface area contributed by atoms with Crippen molar-refractivity contribution in [3.8, 4) is 0 Å². The van der Waals surface area contributed by atoms with Gasteiger partial charge in [-0.25, -0.2) is 0 Å². The van der Waals surface area contributed by atoms with Crippen LogP contribution in [0.5, 0.6) is 0 Å². The van der Waals surface area contributed by atoms with Gasteiger partial charge in [0.1, 0.15) is 0 Å². The summed E-state index contributed by atoms with van der Waals surface area (Å²) in [6.07, 6.45) is 1.17. The molecule has 3 nitrogen and oxygen atoms in total. The molecule has 0 saturated carbocycles. The minimum absolute atomic E-state index is 0.130. The average Bonchev–Trinajstić information content (AvgIpc) is 2.35. The van der Waals surface area contributed by atoms with E-state index >= 15 is 0 Å². The van der Waals surface area contributed by atoms with Crippen molar-refractivity contribution in [1.82, 2.24) is 15.2 Å². The molecule has 0 aromatic carbocycles. The molecule has 0 spiro atoms. The van der Waals surface area contributed by atoms with E-state index < -0.39 is 0 Å². The standard InChI is InChI=1S/C16H29N3/c1-7-13(2)19(6)12-15-10-8-9-14(18-15)11-17-16(3,4)5/h8-10,13,17H,7,11-12H2,1-6H3. The molecule has 0 bridgehead atoms. The molecule has 1 N–H and O–H groups in total. The van der Waals surface area contributed by atoms with Gasteiger partial charge in [-0.3, -0.25) is 9.88 Å². The number of hydrogen-bond donors (Lipinski definition) is 1. The second-order valence-electron chi connectivity index (χ2n) is 6.40. The predicted molar refractivity (Wildman–Crippen MR) is 82.0 cm³/mol. The van der Waals surface area contributed by atoms with Crippen LogP contribution in [0.1, 0.15) is 52.4 Å². The van der Waals surface area contributed by atoms with Gasteiger partial charge in [0.2, 0.25) is 0 Å². The van der Waals surface area contributed by atoms with E-state index in [1.165, 1.54) is 6.42 Å². The maximum Gasteiger partial charge on any atom is 0.0547 e. The topological polar surface area (TPSA) is 28.2 Å². The van der Waals surface area contributed by atoms with Crippen molar-refractivity contribution in [3.05, 3.63) is 29.6 Å². The monoisotopic (exact) mass is 263 g/mol. The summed E-state index contributed by atoms with van der Waals surface area (Å²) in [5.41, 5.74) is 2.39. The fraction of sp³-hybridized carbons (Fsp3) is 0.688. The second-order valence-corrected chi connectivity index (χ2v) is 6.40. The summed E-state index contributed by atoms with van der Waals surface area (Å²) < 4.78 is 0. The van der Waals surface area contributed by atoms with Crippen LogP contribution in [0, 0.1) is 0 Å². The van der Waals surface area contributed by atoms with Crippen molar-refractivity contribution in [3.63, 3.8) is 0 Å². The fourth-order valence-corrected chi connectivity index (χ4v) is 1.79. The lowest BCUT2D eigenvalue weighted by atomic mass is 10.1. The molecule has 19 heavy (non-hydrogen) atoms. The quantitative estimate of drug-likeness (QED) is 0.854. The number of hydrogen-bond acceptors (Lipinski definition) is 3. The average molecular weight is 263 g/mol. The van der Waals surface area contributed by atoms with E-state index in [0.29, 0.717) is 6.04 Å². The Morgan fingerprint density at radius 3 is 2.47 bits per heavy atom. The molecule has 1 unspecified atom stereocenters. The number of pyridine rings is 1. The first kappa shape index (κ1) is 16.1. The van der Waals surface area contributed by atoms with Crippen molar-refractivity contribution in [2.45, 2.75) is 65.7 Å². The Hall–Kier alpha value is -0.930. The van der Waals surface area contributed by atoms with E-state index in [4.69, 9.17) is 4.98 Å². The van der Waals surface area contributed by atoms with Crippen LogP contribution >= 0.6 is 0 Å². The van der Waals surface area contributed by atoms with E-state index in [1.807, 2.05) is 0 Å². The number of aromatic nitrogens is 1. The van der Waals surface area contributed by atoms with E-state index in [-0.39, 0.29) is 5.54 Å². The lowest BCUT2D eigenvalue weighted by Crippen LogP contribution is -2.35. The molecule has 1 aromatic rings. The molecule has 108 valence electrons. The molecular weight excluding hydrogens is 234 g/mol. The molecule has 1 rings (SSSR count). The van der Waals surface area contributed by atoms with Gasteiger partial charge in [-0.05, 0) is 53.3 Å². The van der Waals surface area contributed by atoms with Crippen molar-refractivity contribution in [2.24, 2.45) is 0 Å². The van der Waals surface area contributed by atoms with E-state index in [1.54, 1.807) is 0 Å². The summed E-state index contributed by atoms with van der Waals surface area (Å²) in [6, 6.07) is 6.90. The Balaban J connectivity index is 2.62. The minimum Gasteiger partial charge on any atom is -0.306 e. The number of nitrogens with one attached hydrogen (secondary N) is 1. The predicted octanol–water partition coefficient (Wildman–Crippen LogP) is 3.20. The van der Waals surface area contributed by atoms with Gasteiger partial charge < -0.3 is 5.32 Å². The van der Waals surface area contributed by atoms with Gasteiger partial charge in [0, 0.05) is 24.7 Å². The van der Waals surface area contributed by atoms with Gasteiger partial charge in [-0.15, -0.1) is 0 Å². The largest absolute Gasteiger partial charge is 0.306 e. The lowest BCUT2D eigenvalue weighted by Gasteiger charge is -2.23. The Morgan fingerprint density at radius 1 is 1.26 bits per heavy atom. The molecule has 1 heterocycles. The summed E-state index contributed by atoms with van der Waals surface area (Å²) in [5.74, 6) is 0. The van der Waals surface area contributed by atoms with Crippen LogP contribution in [0.3, 0.4) is 0 Å². The van der Waals surface area contributed by atoms with E-state index in [0.717, 1.165) is 24.5 Å². The first-order valence-electron chi connectivity index (χ1n) is 7.22. The Bertz CT molecular complexity index is 382. The van der Waals surface area contributed by atoms with Crippen LogP contribution in [0.4, 0.5) is 0 Å². The maximum absolute atomic E-state index is 4.73. The lowest BCUT2D eigenvalue weighted by molar-refractivity contribution is 0.241. The number of nitrogens with zero attached hydrogens (tertiary/aromatic N) is 2. The molecule has 1 aromatic heterocycles. The van der Waals surface area contributed by atoms with Gasteiger partial charge in [0.05, 0.1) is 11.4 Å². The molecule has 0 fully saturated rings. The van der Waals surface area contributed by atoms with Gasteiger partial charge in [0.25, 0.3) is 0 Å². The molecule has 1 atom stereocenters. The zero-order valence-electron chi connectivity index (χ0n) is 13.3. The van der Waals surface area contributed by atoms with Gasteiger partial charge in [-0.1, -0.05) is 13.0 Å². The molecule has 0 radical (unpaired) electrons. The SMILES string of the molecule is CCC(C)N(C)Cc1cccc(CNC(C)(C)C)n1. The summed E-state index contributed by atoms with van der Waals surface area (Å²) >= 11 is 0. The van der Waals surface area contributed by atoms with E-state index in [9.17, 15) is 0 Å². The zero-order valence-corrected chi connectivity index (χ0v) is 13.3. The van der Waals surface area contributed by atoms with Crippen LogP contribution in [-0.4, -0.2) is 28.5 Å². The highest BCUT2D eigenvalue weighted by molar-refractivity contribution is 5.11. The highest BCUT2D eigenvalue weighted by Crippen LogP contribution is 2.08. The van der Waals surface area contributed by atoms with Crippen LogP contribution in [0.25, 0.3) is 0 Å². The smallest absolute Gasteiger partial charge is 0.0547 e. The van der Waals surface area contributed by atoms with Gasteiger partial charge in [0.15, 0.2) is 0 Å². The van der Waals surface area contributed by atoms with Gasteiger partial charge in [-0.2, -0.15) is 0 Å². The Kier molecular flexibility index (Phi) is 5.95. The normalized spacial score (nSPS) is 13.8. The molecule has 0 aliphatic carbocycles. The highest BCUT2D eigenvalue weighted by atomic mass is 15.1.